The lowest BCUT2D eigenvalue weighted by atomic mass is 9.57. The molecule has 4 rings (SSSR count). The van der Waals surface area contributed by atoms with Gasteiger partial charge in [-0.1, -0.05) is 13.8 Å². The zero-order valence-electron chi connectivity index (χ0n) is 20.2. The molecule has 0 radical (unpaired) electrons. The molecule has 3 aliphatic heterocycles. The zero-order valence-corrected chi connectivity index (χ0v) is 20.2. The van der Waals surface area contributed by atoms with Crippen LogP contribution in [-0.2, 0) is 28.5 Å². The number of aliphatic hydroxyl groups excluding tert-OH is 1. The predicted octanol–water partition coefficient (Wildman–Crippen LogP) is 1.98. The Hall–Kier alpha value is -1.22. The molecule has 8 nitrogen and oxygen atoms in total. The molecule has 182 valence electrons. The molecule has 11 atom stereocenters. The summed E-state index contributed by atoms with van der Waals surface area (Å²) in [4.78, 5) is 24.1. The number of epoxide rings is 1. The van der Waals surface area contributed by atoms with E-state index in [1.54, 1.807) is 6.92 Å². The van der Waals surface area contributed by atoms with Gasteiger partial charge in [-0.3, -0.25) is 9.59 Å². The SMILES string of the molecule is CC(=O)OC1C(C(C)C)C2C3OC(CC(C)(O)C(O)CCC3(C)OC(C)=O)C2C2(C)OC12. The average molecular weight is 455 g/mol. The van der Waals surface area contributed by atoms with Crippen LogP contribution in [0.1, 0.15) is 67.7 Å². The van der Waals surface area contributed by atoms with E-state index in [2.05, 4.69) is 13.8 Å². The lowest BCUT2D eigenvalue weighted by molar-refractivity contribution is -0.183. The molecule has 0 aromatic rings. The topological polar surface area (TPSA) is 115 Å². The van der Waals surface area contributed by atoms with Crippen molar-refractivity contribution in [3.05, 3.63) is 0 Å². The van der Waals surface area contributed by atoms with Gasteiger partial charge in [-0.15, -0.1) is 0 Å². The Morgan fingerprint density at radius 1 is 1.09 bits per heavy atom. The predicted molar refractivity (Wildman–Crippen MR) is 113 cm³/mol. The van der Waals surface area contributed by atoms with Crippen LogP contribution in [0.5, 0.6) is 0 Å². The van der Waals surface area contributed by atoms with E-state index < -0.39 is 47.2 Å². The van der Waals surface area contributed by atoms with Crippen LogP contribution in [0, 0.1) is 23.7 Å². The molecule has 4 aliphatic rings. The van der Waals surface area contributed by atoms with Gasteiger partial charge in [-0.25, -0.2) is 0 Å². The summed E-state index contributed by atoms with van der Waals surface area (Å²) in [6.07, 6.45) is -1.64. The molecule has 4 fully saturated rings. The Morgan fingerprint density at radius 2 is 1.75 bits per heavy atom. The van der Waals surface area contributed by atoms with E-state index in [1.807, 2.05) is 13.8 Å². The first-order valence-electron chi connectivity index (χ1n) is 11.8. The fourth-order valence-electron chi connectivity index (χ4n) is 7.05. The quantitative estimate of drug-likeness (QED) is 0.491. The first-order chi connectivity index (χ1) is 14.7. The number of carbonyl (C=O) groups excluding carboxylic acids is 2. The molecule has 2 N–H and O–H groups in total. The second-order valence-corrected chi connectivity index (χ2v) is 11.3. The summed E-state index contributed by atoms with van der Waals surface area (Å²) in [5, 5.41) is 21.9. The number of carbonyl (C=O) groups is 2. The molecule has 0 aromatic carbocycles. The van der Waals surface area contributed by atoms with Gasteiger partial charge in [0.1, 0.15) is 29.5 Å². The summed E-state index contributed by atoms with van der Waals surface area (Å²) < 4.78 is 24.6. The van der Waals surface area contributed by atoms with Crippen LogP contribution in [0.2, 0.25) is 0 Å². The van der Waals surface area contributed by atoms with E-state index in [0.717, 1.165) is 0 Å². The van der Waals surface area contributed by atoms with Gasteiger partial charge in [-0.05, 0) is 39.5 Å². The highest BCUT2D eigenvalue weighted by Gasteiger charge is 2.76. The van der Waals surface area contributed by atoms with Gasteiger partial charge in [0.15, 0.2) is 0 Å². The summed E-state index contributed by atoms with van der Waals surface area (Å²) in [5.41, 5.74) is -2.93. The third-order valence-electron chi connectivity index (χ3n) is 8.46. The maximum atomic E-state index is 12.1. The smallest absolute Gasteiger partial charge is 0.303 e. The summed E-state index contributed by atoms with van der Waals surface area (Å²) >= 11 is 0. The maximum absolute atomic E-state index is 12.1. The van der Waals surface area contributed by atoms with Crippen molar-refractivity contribution < 1.29 is 38.7 Å². The van der Waals surface area contributed by atoms with Crippen molar-refractivity contribution in [3.8, 4) is 0 Å². The van der Waals surface area contributed by atoms with Crippen LogP contribution in [-0.4, -0.2) is 69.5 Å². The van der Waals surface area contributed by atoms with Gasteiger partial charge >= 0.3 is 11.9 Å². The minimum atomic E-state index is -1.35. The van der Waals surface area contributed by atoms with Crippen molar-refractivity contribution in [2.45, 2.75) is 115 Å². The average Bonchev–Trinajstić information content (AvgIpc) is 3.19. The third kappa shape index (κ3) is 3.67. The number of esters is 2. The Labute approximate surface area is 189 Å². The van der Waals surface area contributed by atoms with Gasteiger partial charge in [0.25, 0.3) is 0 Å². The van der Waals surface area contributed by atoms with E-state index >= 15 is 0 Å². The Balaban J connectivity index is 1.83. The summed E-state index contributed by atoms with van der Waals surface area (Å²) in [5.74, 6) is -0.882. The number of hydrogen-bond acceptors (Lipinski definition) is 8. The molecule has 2 bridgehead atoms. The van der Waals surface area contributed by atoms with Crippen molar-refractivity contribution in [2.24, 2.45) is 23.7 Å². The molecule has 32 heavy (non-hydrogen) atoms. The number of aliphatic hydroxyl groups is 2. The van der Waals surface area contributed by atoms with Crippen LogP contribution in [0.4, 0.5) is 0 Å². The highest BCUT2D eigenvalue weighted by atomic mass is 16.7. The van der Waals surface area contributed by atoms with Crippen molar-refractivity contribution >= 4 is 11.9 Å². The Bertz CT molecular complexity index is 780. The molecule has 0 spiro atoms. The minimum Gasteiger partial charge on any atom is -0.459 e. The molecular weight excluding hydrogens is 416 g/mol. The number of rotatable bonds is 3. The normalized spacial score (nSPS) is 52.2. The Kier molecular flexibility index (Phi) is 5.72. The van der Waals surface area contributed by atoms with Gasteiger partial charge in [0.2, 0.25) is 0 Å². The second kappa shape index (κ2) is 7.65. The molecule has 0 aromatic heterocycles. The van der Waals surface area contributed by atoms with E-state index in [0.29, 0.717) is 6.42 Å². The summed E-state index contributed by atoms with van der Waals surface area (Å²) in [6, 6.07) is 0. The summed E-state index contributed by atoms with van der Waals surface area (Å²) in [7, 11) is 0. The van der Waals surface area contributed by atoms with E-state index in [-0.39, 0.29) is 48.6 Å². The molecule has 1 aliphatic carbocycles. The van der Waals surface area contributed by atoms with Crippen molar-refractivity contribution in [1.29, 1.82) is 0 Å². The van der Waals surface area contributed by atoms with Crippen LogP contribution in [0.15, 0.2) is 0 Å². The molecule has 3 saturated heterocycles. The fourth-order valence-corrected chi connectivity index (χ4v) is 7.05. The molecule has 0 amide bonds. The van der Waals surface area contributed by atoms with Gasteiger partial charge in [0.05, 0.1) is 17.8 Å². The molecule has 3 heterocycles. The number of hydrogen-bond donors (Lipinski definition) is 2. The van der Waals surface area contributed by atoms with Crippen LogP contribution >= 0.6 is 0 Å². The Morgan fingerprint density at radius 3 is 2.31 bits per heavy atom. The highest BCUT2D eigenvalue weighted by Crippen LogP contribution is 2.65. The molecule has 8 heteroatoms. The monoisotopic (exact) mass is 454 g/mol. The zero-order chi connectivity index (χ0) is 23.8. The molecule has 1 saturated carbocycles. The molecule has 11 unspecified atom stereocenters. The van der Waals surface area contributed by atoms with E-state index in [1.165, 1.54) is 13.8 Å². The first-order valence-corrected chi connectivity index (χ1v) is 11.8. The van der Waals surface area contributed by atoms with Gasteiger partial charge in [0, 0.05) is 38.0 Å². The fraction of sp³-hybridized carbons (Fsp3) is 0.917. The minimum absolute atomic E-state index is 0.0661. The van der Waals surface area contributed by atoms with E-state index in [9.17, 15) is 19.8 Å². The maximum Gasteiger partial charge on any atom is 0.303 e. The third-order valence-corrected chi connectivity index (χ3v) is 8.46. The van der Waals surface area contributed by atoms with E-state index in [4.69, 9.17) is 18.9 Å². The number of fused-ring (bicyclic) bond motifs is 7. The van der Waals surface area contributed by atoms with Gasteiger partial charge in [-0.2, -0.15) is 0 Å². The molecular formula is C24H38O8. The highest BCUT2D eigenvalue weighted by molar-refractivity contribution is 5.67. The lowest BCUT2D eigenvalue weighted by Gasteiger charge is -2.47. The standard InChI is InChI=1S/C24H38O8/c1-11(2)16-17-18(24(7)21(32-24)19(16)29-12(3)25)14-10-22(5,28)15(27)8-9-23(6,20(17)30-14)31-13(4)26/h11,14-21,27-28H,8-10H2,1-7H3. The van der Waals surface area contributed by atoms with Crippen LogP contribution in [0.25, 0.3) is 0 Å². The lowest BCUT2D eigenvalue weighted by Crippen LogP contribution is -2.58. The summed E-state index contributed by atoms with van der Waals surface area (Å²) in [6.45, 7) is 12.5. The van der Waals surface area contributed by atoms with Crippen molar-refractivity contribution in [3.63, 3.8) is 0 Å². The van der Waals surface area contributed by atoms with Crippen molar-refractivity contribution in [1.82, 2.24) is 0 Å². The largest absolute Gasteiger partial charge is 0.459 e. The second-order valence-electron chi connectivity index (χ2n) is 11.3. The van der Waals surface area contributed by atoms with Gasteiger partial charge < -0.3 is 29.2 Å². The van der Waals surface area contributed by atoms with Crippen LogP contribution < -0.4 is 0 Å². The van der Waals surface area contributed by atoms with Crippen LogP contribution in [0.3, 0.4) is 0 Å². The number of ether oxygens (including phenoxy) is 4. The van der Waals surface area contributed by atoms with Crippen molar-refractivity contribution in [2.75, 3.05) is 0 Å². The first kappa shape index (κ1) is 23.9.